The zero-order valence-corrected chi connectivity index (χ0v) is 18.1. The van der Waals surface area contributed by atoms with Gasteiger partial charge in [0, 0.05) is 17.2 Å². The largest absolute Gasteiger partial charge is 2.00 e. The van der Waals surface area contributed by atoms with E-state index in [1.54, 1.807) is 18.3 Å². The van der Waals surface area contributed by atoms with Crippen LogP contribution in [0.2, 0.25) is 0 Å². The molecule has 2 atom stereocenters. The Morgan fingerprint density at radius 1 is 1.20 bits per heavy atom. The summed E-state index contributed by atoms with van der Waals surface area (Å²) in [5.41, 5.74) is 1.72. The van der Waals surface area contributed by atoms with Gasteiger partial charge in [0.15, 0.2) is 5.82 Å². The predicted octanol–water partition coefficient (Wildman–Crippen LogP) is -2.25. The van der Waals surface area contributed by atoms with Crippen molar-refractivity contribution in [2.75, 3.05) is 22.5 Å². The summed E-state index contributed by atoms with van der Waals surface area (Å²) in [6.07, 6.45) is 2.15. The number of carbonyl (C=O) groups excluding carboxylic acids is 3. The molecule has 1 aromatic carbocycles. The molecule has 4 N–H and O–H groups in total. The van der Waals surface area contributed by atoms with Gasteiger partial charge in [-0.25, -0.2) is 9.97 Å². The Kier molecular flexibility index (Phi) is 8.63. The summed E-state index contributed by atoms with van der Waals surface area (Å²) in [7, 11) is 0. The second-order valence-corrected chi connectivity index (χ2v) is 6.34. The normalized spacial score (nSPS) is 15.3. The molecule has 30 heavy (non-hydrogen) atoms. The van der Waals surface area contributed by atoms with Crippen molar-refractivity contribution < 1.29 is 24.6 Å². The minimum atomic E-state index is -1.56. The number of carbonyl (C=O) groups is 3. The Balaban J connectivity index is 0.00000320. The smallest absolute Gasteiger partial charge is 0.550 e. The third kappa shape index (κ3) is 6.44. The minimum Gasteiger partial charge on any atom is -0.550 e. The molecule has 152 valence electrons. The van der Waals surface area contributed by atoms with Crippen LogP contribution in [0.3, 0.4) is 0 Å². The van der Waals surface area contributed by atoms with Crippen LogP contribution in [-0.2, 0) is 9.59 Å². The number of anilines is 3. The first kappa shape index (κ1) is 23.6. The fraction of sp³-hybridized carbons (Fsp3) is 0.278. The quantitative estimate of drug-likeness (QED) is 0.330. The number of carboxylic acid groups (broad SMARTS) is 2. The number of aromatic nitrogens is 2. The summed E-state index contributed by atoms with van der Waals surface area (Å²) < 4.78 is 0. The summed E-state index contributed by atoms with van der Waals surface area (Å²) >= 11 is 0. The molecule has 11 nitrogen and oxygen atoms in total. The Bertz CT molecular complexity index is 910. The van der Waals surface area contributed by atoms with Gasteiger partial charge in [0.1, 0.15) is 12.5 Å². The molecule has 1 aliphatic rings. The summed E-state index contributed by atoms with van der Waals surface area (Å²) in [6.45, 7) is 0.567. The molecule has 0 saturated carbocycles. The topological polar surface area (TPSA) is 171 Å². The van der Waals surface area contributed by atoms with E-state index in [4.69, 9.17) is 0 Å². The average Bonchev–Trinajstić information content (AvgIpc) is 2.71. The molecule has 2 aromatic rings. The van der Waals surface area contributed by atoms with Gasteiger partial charge in [-0.3, -0.25) is 4.79 Å². The Hall–Kier alpha value is -2.63. The van der Waals surface area contributed by atoms with Crippen molar-refractivity contribution in [2.24, 2.45) is 0 Å². The van der Waals surface area contributed by atoms with Gasteiger partial charge < -0.3 is 41.1 Å². The molecule has 0 fully saturated rings. The molecule has 0 spiro atoms. The number of carboxylic acids is 2. The first-order valence-electron chi connectivity index (χ1n) is 8.81. The number of amides is 1. The fourth-order valence-electron chi connectivity index (χ4n) is 2.77. The summed E-state index contributed by atoms with van der Waals surface area (Å²) in [5, 5.41) is 33.5. The van der Waals surface area contributed by atoms with Crippen LogP contribution in [0.4, 0.5) is 17.2 Å². The van der Waals surface area contributed by atoms with Crippen molar-refractivity contribution >= 4 is 72.8 Å². The molecule has 3 rings (SSSR count). The van der Waals surface area contributed by atoms with E-state index in [1.165, 1.54) is 18.5 Å². The SMILES string of the molecule is O=C([O-])CCC(NC(=O)c1ccc(NC2CNc3ncncc3N2)cc1)C(=O)[O-].[Ca+2]. The second-order valence-electron chi connectivity index (χ2n) is 6.34. The number of benzene rings is 1. The molecule has 0 aliphatic carbocycles. The van der Waals surface area contributed by atoms with E-state index >= 15 is 0 Å². The number of hydrogen-bond donors (Lipinski definition) is 4. The zero-order chi connectivity index (χ0) is 20.8. The van der Waals surface area contributed by atoms with E-state index in [2.05, 4.69) is 31.2 Å². The fourth-order valence-corrected chi connectivity index (χ4v) is 2.77. The van der Waals surface area contributed by atoms with Crippen molar-refractivity contribution in [3.63, 3.8) is 0 Å². The summed E-state index contributed by atoms with van der Waals surface area (Å²) in [4.78, 5) is 41.9. The van der Waals surface area contributed by atoms with Gasteiger partial charge in [0.05, 0.1) is 30.4 Å². The number of aliphatic carboxylic acids is 2. The molecule has 2 heterocycles. The van der Waals surface area contributed by atoms with E-state index in [0.717, 1.165) is 11.4 Å². The molecule has 2 unspecified atom stereocenters. The monoisotopic (exact) mass is 438 g/mol. The number of fused-ring (bicyclic) bond motifs is 1. The molecule has 0 radical (unpaired) electrons. The standard InChI is InChI=1S/C18H20N6O5.Ca/c25-15(26)6-5-12(18(28)29)24-17(27)10-1-3-11(4-2-10)22-14-8-20-16-13(23-14)7-19-9-21-16;/h1-4,7,9,12,14,22-23H,5-6,8H2,(H,24,27)(H,25,26)(H,28,29)(H,19,20,21);/q;+2/p-2. The van der Waals surface area contributed by atoms with Crippen molar-refractivity contribution in [3.8, 4) is 0 Å². The predicted molar refractivity (Wildman–Crippen MR) is 104 cm³/mol. The maximum atomic E-state index is 12.2. The molecule has 12 heteroatoms. The summed E-state index contributed by atoms with van der Waals surface area (Å²) in [5.74, 6) is -2.89. The van der Waals surface area contributed by atoms with Gasteiger partial charge >= 0.3 is 37.7 Å². The minimum absolute atomic E-state index is 0. The van der Waals surface area contributed by atoms with Crippen LogP contribution in [-0.4, -0.2) is 84.3 Å². The maximum absolute atomic E-state index is 12.2. The van der Waals surface area contributed by atoms with Crippen molar-refractivity contribution in [2.45, 2.75) is 25.0 Å². The summed E-state index contributed by atoms with van der Waals surface area (Å²) in [6, 6.07) is 4.97. The zero-order valence-electron chi connectivity index (χ0n) is 15.9. The van der Waals surface area contributed by atoms with Gasteiger partial charge in [-0.05, 0) is 37.1 Å². The Morgan fingerprint density at radius 3 is 2.60 bits per heavy atom. The van der Waals surface area contributed by atoms with Crippen LogP contribution in [0.1, 0.15) is 23.2 Å². The molecule has 0 saturated heterocycles. The van der Waals surface area contributed by atoms with E-state index in [0.29, 0.717) is 12.4 Å². The second kappa shape index (κ2) is 10.9. The van der Waals surface area contributed by atoms with E-state index < -0.39 is 30.3 Å². The number of hydrogen-bond acceptors (Lipinski definition) is 10. The molecule has 1 amide bonds. The van der Waals surface area contributed by atoms with Gasteiger partial charge in [0.25, 0.3) is 5.91 Å². The molecule has 1 aromatic heterocycles. The number of nitrogens with zero attached hydrogens (tertiary/aromatic N) is 2. The van der Waals surface area contributed by atoms with Crippen LogP contribution < -0.4 is 31.5 Å². The van der Waals surface area contributed by atoms with E-state index in [9.17, 15) is 24.6 Å². The average molecular weight is 438 g/mol. The van der Waals surface area contributed by atoms with Crippen LogP contribution in [0.25, 0.3) is 0 Å². The first-order chi connectivity index (χ1) is 13.9. The van der Waals surface area contributed by atoms with Gasteiger partial charge in [-0.15, -0.1) is 0 Å². The maximum Gasteiger partial charge on any atom is 2.00 e. The van der Waals surface area contributed by atoms with Crippen molar-refractivity contribution in [1.29, 1.82) is 0 Å². The van der Waals surface area contributed by atoms with Gasteiger partial charge in [-0.2, -0.15) is 0 Å². The van der Waals surface area contributed by atoms with Crippen molar-refractivity contribution in [1.82, 2.24) is 15.3 Å². The van der Waals surface area contributed by atoms with Gasteiger partial charge in [0.2, 0.25) is 0 Å². The van der Waals surface area contributed by atoms with E-state index in [-0.39, 0.29) is 55.9 Å². The molecular formula is C18H18CaN6O5. The number of rotatable bonds is 8. The van der Waals surface area contributed by atoms with E-state index in [1.807, 2.05) is 0 Å². The first-order valence-corrected chi connectivity index (χ1v) is 8.81. The van der Waals surface area contributed by atoms with Gasteiger partial charge in [-0.1, -0.05) is 0 Å². The van der Waals surface area contributed by atoms with Crippen LogP contribution in [0, 0.1) is 0 Å². The van der Waals surface area contributed by atoms with Crippen LogP contribution >= 0.6 is 0 Å². The Morgan fingerprint density at radius 2 is 1.93 bits per heavy atom. The third-order valence-corrected chi connectivity index (χ3v) is 4.23. The Labute approximate surface area is 201 Å². The molecule has 0 bridgehead atoms. The third-order valence-electron chi connectivity index (χ3n) is 4.23. The van der Waals surface area contributed by atoms with Crippen LogP contribution in [0.15, 0.2) is 36.8 Å². The number of nitrogens with one attached hydrogen (secondary N) is 4. The molecule has 1 aliphatic heterocycles. The van der Waals surface area contributed by atoms with Crippen LogP contribution in [0.5, 0.6) is 0 Å². The molecular weight excluding hydrogens is 420 g/mol. The van der Waals surface area contributed by atoms with Crippen molar-refractivity contribution in [3.05, 3.63) is 42.4 Å².